The maximum absolute atomic E-state index is 12.3. The fraction of sp³-hybridized carbons (Fsp3) is 0.263. The minimum Gasteiger partial charge on any atom is -0.454 e. The van der Waals surface area contributed by atoms with Gasteiger partial charge >= 0.3 is 0 Å². The Morgan fingerprint density at radius 1 is 1.16 bits per heavy atom. The summed E-state index contributed by atoms with van der Waals surface area (Å²) < 4.78 is 12.5. The lowest BCUT2D eigenvalue weighted by Gasteiger charge is -2.08. The van der Waals surface area contributed by atoms with Gasteiger partial charge in [0.1, 0.15) is 6.54 Å². The lowest BCUT2D eigenvalue weighted by atomic mass is 10.1. The first-order chi connectivity index (χ1) is 12.1. The molecule has 1 aliphatic rings. The van der Waals surface area contributed by atoms with Crippen LogP contribution < -0.4 is 14.8 Å². The van der Waals surface area contributed by atoms with Gasteiger partial charge in [-0.3, -0.25) is 4.79 Å². The number of hydrogen-bond acceptors (Lipinski definition) is 4. The molecule has 6 heteroatoms. The molecule has 3 aromatic rings. The molecule has 0 aliphatic carbocycles. The molecule has 1 aliphatic heterocycles. The molecule has 1 N–H and O–H groups in total. The van der Waals surface area contributed by atoms with Crippen LogP contribution in [0.2, 0.25) is 0 Å². The Morgan fingerprint density at radius 2 is 1.96 bits per heavy atom. The van der Waals surface area contributed by atoms with Gasteiger partial charge in [0.15, 0.2) is 11.5 Å². The first-order valence-electron chi connectivity index (χ1n) is 8.17. The normalized spacial score (nSPS) is 12.6. The Labute approximate surface area is 145 Å². The van der Waals surface area contributed by atoms with Crippen LogP contribution in [-0.2, 0) is 17.9 Å². The zero-order valence-electron chi connectivity index (χ0n) is 14.2. The molecular formula is C19H19N3O3. The van der Waals surface area contributed by atoms with Gasteiger partial charge in [0.05, 0.1) is 17.4 Å². The van der Waals surface area contributed by atoms with E-state index in [1.807, 2.05) is 28.8 Å². The summed E-state index contributed by atoms with van der Waals surface area (Å²) in [6.07, 6.45) is 1.71. The first-order valence-corrected chi connectivity index (χ1v) is 8.17. The summed E-state index contributed by atoms with van der Waals surface area (Å²) in [6, 6.07) is 9.79. The highest BCUT2D eigenvalue weighted by Crippen LogP contribution is 2.32. The van der Waals surface area contributed by atoms with Gasteiger partial charge in [-0.1, -0.05) is 6.07 Å². The van der Waals surface area contributed by atoms with Crippen molar-refractivity contribution in [2.75, 3.05) is 6.79 Å². The molecule has 1 aromatic heterocycles. The van der Waals surface area contributed by atoms with Crippen LogP contribution in [-0.4, -0.2) is 22.3 Å². The number of amides is 1. The summed E-state index contributed by atoms with van der Waals surface area (Å²) in [4.78, 5) is 16.7. The highest BCUT2D eigenvalue weighted by atomic mass is 16.7. The Bertz CT molecular complexity index is 962. The third kappa shape index (κ3) is 3.03. The van der Waals surface area contributed by atoms with E-state index >= 15 is 0 Å². The van der Waals surface area contributed by atoms with E-state index < -0.39 is 0 Å². The van der Waals surface area contributed by atoms with E-state index in [2.05, 4.69) is 30.2 Å². The quantitative estimate of drug-likeness (QED) is 0.795. The second kappa shape index (κ2) is 6.12. The number of ether oxygens (including phenoxy) is 2. The molecule has 1 amide bonds. The number of imidazole rings is 1. The van der Waals surface area contributed by atoms with Crippen molar-refractivity contribution in [3.63, 3.8) is 0 Å². The van der Waals surface area contributed by atoms with Crippen LogP contribution in [0.25, 0.3) is 11.0 Å². The largest absolute Gasteiger partial charge is 0.454 e. The predicted octanol–water partition coefficient (Wildman–Crippen LogP) is 2.70. The van der Waals surface area contributed by atoms with Gasteiger partial charge < -0.3 is 19.4 Å². The Hall–Kier alpha value is -3.02. The van der Waals surface area contributed by atoms with Crippen molar-refractivity contribution in [2.24, 2.45) is 0 Å². The zero-order chi connectivity index (χ0) is 17.4. The van der Waals surface area contributed by atoms with Crippen molar-refractivity contribution in [1.29, 1.82) is 0 Å². The summed E-state index contributed by atoms with van der Waals surface area (Å²) in [5.41, 5.74) is 5.24. The maximum atomic E-state index is 12.3. The van der Waals surface area contributed by atoms with Gasteiger partial charge in [0.25, 0.3) is 0 Å². The van der Waals surface area contributed by atoms with Gasteiger partial charge in [0, 0.05) is 6.54 Å². The second-order valence-corrected chi connectivity index (χ2v) is 6.26. The fourth-order valence-electron chi connectivity index (χ4n) is 2.90. The van der Waals surface area contributed by atoms with E-state index in [4.69, 9.17) is 9.47 Å². The molecule has 4 rings (SSSR count). The van der Waals surface area contributed by atoms with E-state index in [1.165, 1.54) is 11.1 Å². The third-order valence-electron chi connectivity index (χ3n) is 4.48. The number of rotatable bonds is 4. The van der Waals surface area contributed by atoms with Crippen molar-refractivity contribution in [1.82, 2.24) is 14.9 Å². The molecule has 0 fully saturated rings. The number of carbonyl (C=O) groups excluding carboxylic acids is 1. The number of hydrogen-bond donors (Lipinski definition) is 1. The summed E-state index contributed by atoms with van der Waals surface area (Å²) in [6.45, 7) is 5.05. The highest BCUT2D eigenvalue weighted by Gasteiger charge is 2.14. The summed E-state index contributed by atoms with van der Waals surface area (Å²) in [5.74, 6) is 1.40. The van der Waals surface area contributed by atoms with Gasteiger partial charge in [-0.25, -0.2) is 4.98 Å². The van der Waals surface area contributed by atoms with Crippen molar-refractivity contribution in [3.05, 3.63) is 53.3 Å². The average Bonchev–Trinajstić information content (AvgIpc) is 3.20. The van der Waals surface area contributed by atoms with Crippen molar-refractivity contribution in [2.45, 2.75) is 26.9 Å². The number of benzene rings is 2. The van der Waals surface area contributed by atoms with E-state index in [-0.39, 0.29) is 19.2 Å². The van der Waals surface area contributed by atoms with Crippen LogP contribution in [0.4, 0.5) is 0 Å². The van der Waals surface area contributed by atoms with Crippen LogP contribution in [0.1, 0.15) is 16.7 Å². The Kier molecular flexibility index (Phi) is 3.80. The number of carbonyl (C=O) groups is 1. The topological polar surface area (TPSA) is 65.4 Å². The van der Waals surface area contributed by atoms with Gasteiger partial charge in [-0.2, -0.15) is 0 Å². The zero-order valence-corrected chi connectivity index (χ0v) is 14.2. The molecule has 0 saturated carbocycles. The lowest BCUT2D eigenvalue weighted by Crippen LogP contribution is -2.26. The van der Waals surface area contributed by atoms with E-state index in [9.17, 15) is 4.79 Å². The number of nitrogens with zero attached hydrogens (tertiary/aromatic N) is 2. The molecule has 0 unspecified atom stereocenters. The second-order valence-electron chi connectivity index (χ2n) is 6.26. The van der Waals surface area contributed by atoms with Crippen molar-refractivity contribution in [3.8, 4) is 11.5 Å². The van der Waals surface area contributed by atoms with E-state index in [0.29, 0.717) is 6.54 Å². The number of fused-ring (bicyclic) bond motifs is 2. The Balaban J connectivity index is 1.43. The highest BCUT2D eigenvalue weighted by molar-refractivity contribution is 5.81. The molecule has 25 heavy (non-hydrogen) atoms. The number of nitrogens with one attached hydrogen (secondary N) is 1. The molecule has 0 atom stereocenters. The minimum atomic E-state index is -0.0600. The monoisotopic (exact) mass is 337 g/mol. The number of aromatic nitrogens is 2. The molecule has 0 radical (unpaired) electrons. The summed E-state index contributed by atoms with van der Waals surface area (Å²) in [5, 5.41) is 2.94. The van der Waals surface area contributed by atoms with Crippen molar-refractivity contribution < 1.29 is 14.3 Å². The smallest absolute Gasteiger partial charge is 0.240 e. The van der Waals surface area contributed by atoms with Crippen LogP contribution in [0.5, 0.6) is 11.5 Å². The van der Waals surface area contributed by atoms with Crippen LogP contribution in [0, 0.1) is 13.8 Å². The summed E-state index contributed by atoms with van der Waals surface area (Å²) >= 11 is 0. The molecule has 2 aromatic carbocycles. The molecular weight excluding hydrogens is 318 g/mol. The molecule has 2 heterocycles. The van der Waals surface area contributed by atoms with Crippen LogP contribution in [0.3, 0.4) is 0 Å². The summed E-state index contributed by atoms with van der Waals surface area (Å²) in [7, 11) is 0. The Morgan fingerprint density at radius 3 is 2.84 bits per heavy atom. The first kappa shape index (κ1) is 15.5. The predicted molar refractivity (Wildman–Crippen MR) is 93.6 cm³/mol. The van der Waals surface area contributed by atoms with Gasteiger partial charge in [-0.15, -0.1) is 0 Å². The SMILES string of the molecule is Cc1cc2ncn(CC(=O)NCc3ccc4c(c3)OCO4)c2cc1C. The van der Waals surface area contributed by atoms with E-state index in [0.717, 1.165) is 28.1 Å². The number of aryl methyl sites for hydroxylation is 2. The van der Waals surface area contributed by atoms with Crippen LogP contribution >= 0.6 is 0 Å². The minimum absolute atomic E-state index is 0.0600. The average molecular weight is 337 g/mol. The third-order valence-corrected chi connectivity index (χ3v) is 4.48. The van der Waals surface area contributed by atoms with Crippen LogP contribution in [0.15, 0.2) is 36.7 Å². The lowest BCUT2D eigenvalue weighted by molar-refractivity contribution is -0.121. The standard InChI is InChI=1S/C19H19N3O3/c1-12-5-15-16(6-13(12)2)22(10-21-15)9-19(23)20-8-14-3-4-17-18(7-14)25-11-24-17/h3-7,10H,8-9,11H2,1-2H3,(H,20,23). The molecule has 0 saturated heterocycles. The molecule has 0 bridgehead atoms. The molecule has 0 spiro atoms. The van der Waals surface area contributed by atoms with E-state index in [1.54, 1.807) is 6.33 Å². The van der Waals surface area contributed by atoms with Gasteiger partial charge in [-0.05, 0) is 54.8 Å². The van der Waals surface area contributed by atoms with Crippen molar-refractivity contribution >= 4 is 16.9 Å². The maximum Gasteiger partial charge on any atom is 0.240 e. The molecule has 128 valence electrons. The fourth-order valence-corrected chi connectivity index (χ4v) is 2.90. The molecule has 6 nitrogen and oxygen atoms in total. The van der Waals surface area contributed by atoms with Gasteiger partial charge in [0.2, 0.25) is 12.7 Å².